The molecule has 0 amide bonds. The van der Waals surface area contributed by atoms with E-state index in [1.54, 1.807) is 19.5 Å². The Morgan fingerprint density at radius 1 is 1.32 bits per heavy atom. The Morgan fingerprint density at radius 3 is 2.84 bits per heavy atom. The summed E-state index contributed by atoms with van der Waals surface area (Å²) in [6, 6.07) is 7.91. The lowest BCUT2D eigenvalue weighted by atomic mass is 9.88. The van der Waals surface area contributed by atoms with Crippen molar-refractivity contribution in [2.75, 3.05) is 20.3 Å². The quantitative estimate of drug-likeness (QED) is 0.831. The summed E-state index contributed by atoms with van der Waals surface area (Å²) in [5.74, 6) is 0. The van der Waals surface area contributed by atoms with Crippen molar-refractivity contribution in [3.05, 3.63) is 42.2 Å². The molecule has 1 aromatic heterocycles. The van der Waals surface area contributed by atoms with Crippen LogP contribution in [0.15, 0.2) is 36.7 Å². The third kappa shape index (κ3) is 2.92. The first-order valence-electron chi connectivity index (χ1n) is 6.46. The van der Waals surface area contributed by atoms with Gasteiger partial charge in [0.1, 0.15) is 5.60 Å². The van der Waals surface area contributed by atoms with E-state index in [-0.39, 0.29) is 6.61 Å². The van der Waals surface area contributed by atoms with E-state index in [4.69, 9.17) is 10.5 Å². The van der Waals surface area contributed by atoms with E-state index < -0.39 is 5.60 Å². The summed E-state index contributed by atoms with van der Waals surface area (Å²) in [4.78, 5) is 4.22. The van der Waals surface area contributed by atoms with Crippen LogP contribution in [-0.4, -0.2) is 30.4 Å². The van der Waals surface area contributed by atoms with Gasteiger partial charge in [0.25, 0.3) is 0 Å². The predicted octanol–water partition coefficient (Wildman–Crippen LogP) is 1.81. The Bertz CT molecular complexity index is 539. The van der Waals surface area contributed by atoms with Gasteiger partial charge in [-0.3, -0.25) is 4.98 Å². The maximum absolute atomic E-state index is 10.9. The van der Waals surface area contributed by atoms with Crippen LogP contribution < -0.4 is 5.73 Å². The molecule has 1 aromatic carbocycles. The number of nitrogens with two attached hydrogens (primary N) is 1. The van der Waals surface area contributed by atoms with E-state index in [9.17, 15) is 5.11 Å². The summed E-state index contributed by atoms with van der Waals surface area (Å²) in [6.45, 7) is 0.785. The number of nitrogens with zero attached hydrogens (tertiary/aromatic N) is 1. The number of aromatic nitrogens is 1. The zero-order valence-electron chi connectivity index (χ0n) is 11.2. The second-order valence-electron chi connectivity index (χ2n) is 4.77. The molecule has 3 N–H and O–H groups in total. The molecule has 0 spiro atoms. The average Bonchev–Trinajstić information content (AvgIpc) is 2.45. The molecule has 0 aliphatic carbocycles. The third-order valence-electron chi connectivity index (χ3n) is 3.35. The SMILES string of the molecule is COCC(O)(CCCN)c1cncc2ccccc12. The van der Waals surface area contributed by atoms with Gasteiger partial charge in [0, 0.05) is 30.5 Å². The number of benzene rings is 1. The first-order valence-corrected chi connectivity index (χ1v) is 6.46. The molecular formula is C15H20N2O2. The lowest BCUT2D eigenvalue weighted by Crippen LogP contribution is -2.32. The number of ether oxygens (including phenoxy) is 1. The van der Waals surface area contributed by atoms with Crippen molar-refractivity contribution in [2.45, 2.75) is 18.4 Å². The highest BCUT2D eigenvalue weighted by atomic mass is 16.5. The molecule has 4 nitrogen and oxygen atoms in total. The molecule has 0 saturated carbocycles. The van der Waals surface area contributed by atoms with Crippen LogP contribution in [0, 0.1) is 0 Å². The fourth-order valence-corrected chi connectivity index (χ4v) is 2.41. The Hall–Kier alpha value is -1.49. The van der Waals surface area contributed by atoms with Crippen LogP contribution in [0.5, 0.6) is 0 Å². The lowest BCUT2D eigenvalue weighted by molar-refractivity contribution is -0.0420. The Morgan fingerprint density at radius 2 is 2.11 bits per heavy atom. The van der Waals surface area contributed by atoms with Crippen LogP contribution >= 0.6 is 0 Å². The standard InChI is InChI=1S/C15H20N2O2/c1-19-11-15(18,7-4-8-16)14-10-17-9-12-5-2-3-6-13(12)14/h2-3,5-6,9-10,18H,4,7-8,11,16H2,1H3. The minimum absolute atomic E-state index is 0.239. The van der Waals surface area contributed by atoms with Gasteiger partial charge < -0.3 is 15.6 Å². The van der Waals surface area contributed by atoms with Gasteiger partial charge in [-0.2, -0.15) is 0 Å². The highest BCUT2D eigenvalue weighted by Crippen LogP contribution is 2.31. The van der Waals surface area contributed by atoms with Crippen molar-refractivity contribution in [2.24, 2.45) is 5.73 Å². The van der Waals surface area contributed by atoms with E-state index in [1.165, 1.54) is 0 Å². The number of rotatable bonds is 6. The molecule has 2 aromatic rings. The van der Waals surface area contributed by atoms with Crippen LogP contribution in [-0.2, 0) is 10.3 Å². The van der Waals surface area contributed by atoms with Gasteiger partial charge in [0.2, 0.25) is 0 Å². The summed E-state index contributed by atoms with van der Waals surface area (Å²) in [5.41, 5.74) is 5.32. The van der Waals surface area contributed by atoms with Gasteiger partial charge in [0.15, 0.2) is 0 Å². The van der Waals surface area contributed by atoms with Crippen LogP contribution in [0.2, 0.25) is 0 Å². The molecular weight excluding hydrogens is 240 g/mol. The Kier molecular flexibility index (Phi) is 4.47. The third-order valence-corrected chi connectivity index (χ3v) is 3.35. The number of hydrogen-bond donors (Lipinski definition) is 2. The number of pyridine rings is 1. The molecule has 0 bridgehead atoms. The smallest absolute Gasteiger partial charge is 0.115 e. The van der Waals surface area contributed by atoms with Crippen molar-refractivity contribution < 1.29 is 9.84 Å². The molecule has 0 radical (unpaired) electrons. The molecule has 0 aliphatic rings. The lowest BCUT2D eigenvalue weighted by Gasteiger charge is -2.28. The monoisotopic (exact) mass is 260 g/mol. The Labute approximate surface area is 113 Å². The molecule has 1 atom stereocenters. The van der Waals surface area contributed by atoms with Crippen LogP contribution in [0.1, 0.15) is 18.4 Å². The van der Waals surface area contributed by atoms with Crippen molar-refractivity contribution in [3.63, 3.8) is 0 Å². The normalized spacial score (nSPS) is 14.5. The van der Waals surface area contributed by atoms with Gasteiger partial charge in [-0.05, 0) is 24.8 Å². The largest absolute Gasteiger partial charge is 0.383 e. The number of hydrogen-bond acceptors (Lipinski definition) is 4. The second-order valence-corrected chi connectivity index (χ2v) is 4.77. The first kappa shape index (κ1) is 13.9. The van der Waals surface area contributed by atoms with Gasteiger partial charge in [-0.25, -0.2) is 0 Å². The van der Waals surface area contributed by atoms with Gasteiger partial charge in [0.05, 0.1) is 6.61 Å². The fourth-order valence-electron chi connectivity index (χ4n) is 2.41. The highest BCUT2D eigenvalue weighted by Gasteiger charge is 2.30. The fraction of sp³-hybridized carbons (Fsp3) is 0.400. The maximum Gasteiger partial charge on any atom is 0.115 e. The number of aliphatic hydroxyl groups is 1. The van der Waals surface area contributed by atoms with E-state index in [0.29, 0.717) is 13.0 Å². The van der Waals surface area contributed by atoms with Crippen LogP contribution in [0.4, 0.5) is 0 Å². The van der Waals surface area contributed by atoms with E-state index in [1.807, 2.05) is 24.3 Å². The molecule has 0 saturated heterocycles. The molecule has 1 unspecified atom stereocenters. The van der Waals surface area contributed by atoms with Crippen molar-refractivity contribution in [1.82, 2.24) is 4.98 Å². The van der Waals surface area contributed by atoms with Gasteiger partial charge in [-0.15, -0.1) is 0 Å². The summed E-state index contributed by atoms with van der Waals surface area (Å²) in [6.07, 6.45) is 4.82. The zero-order valence-corrected chi connectivity index (χ0v) is 11.2. The zero-order chi connectivity index (χ0) is 13.7. The number of fused-ring (bicyclic) bond motifs is 1. The van der Waals surface area contributed by atoms with E-state index in [2.05, 4.69) is 4.98 Å². The van der Waals surface area contributed by atoms with Crippen LogP contribution in [0.3, 0.4) is 0 Å². The molecule has 2 rings (SSSR count). The highest BCUT2D eigenvalue weighted by molar-refractivity contribution is 5.85. The summed E-state index contributed by atoms with van der Waals surface area (Å²) in [5, 5.41) is 12.9. The first-order chi connectivity index (χ1) is 9.21. The van der Waals surface area contributed by atoms with Crippen molar-refractivity contribution in [1.29, 1.82) is 0 Å². The summed E-state index contributed by atoms with van der Waals surface area (Å²) < 4.78 is 5.19. The summed E-state index contributed by atoms with van der Waals surface area (Å²) >= 11 is 0. The minimum Gasteiger partial charge on any atom is -0.383 e. The van der Waals surface area contributed by atoms with E-state index >= 15 is 0 Å². The van der Waals surface area contributed by atoms with Gasteiger partial charge >= 0.3 is 0 Å². The maximum atomic E-state index is 10.9. The average molecular weight is 260 g/mol. The molecule has 4 heteroatoms. The Balaban J connectivity index is 2.49. The van der Waals surface area contributed by atoms with Crippen molar-refractivity contribution >= 4 is 10.8 Å². The number of methoxy groups -OCH3 is 1. The molecule has 0 aliphatic heterocycles. The van der Waals surface area contributed by atoms with Crippen LogP contribution in [0.25, 0.3) is 10.8 Å². The minimum atomic E-state index is -1.04. The molecule has 102 valence electrons. The summed E-state index contributed by atoms with van der Waals surface area (Å²) in [7, 11) is 1.59. The molecule has 0 fully saturated rings. The predicted molar refractivity (Wildman–Crippen MR) is 75.8 cm³/mol. The topological polar surface area (TPSA) is 68.4 Å². The second kappa shape index (κ2) is 6.10. The molecule has 19 heavy (non-hydrogen) atoms. The van der Waals surface area contributed by atoms with E-state index in [0.717, 1.165) is 22.8 Å². The van der Waals surface area contributed by atoms with Gasteiger partial charge in [-0.1, -0.05) is 24.3 Å². The molecule has 1 heterocycles. The van der Waals surface area contributed by atoms with Crippen molar-refractivity contribution in [3.8, 4) is 0 Å².